The van der Waals surface area contributed by atoms with Gasteiger partial charge in [-0.1, -0.05) is 13.8 Å². The SMILES string of the molecule is CC(C)C(O)COC(=O)c1ccc(C(=O)O)cc1. The van der Waals surface area contributed by atoms with Crippen molar-refractivity contribution in [1.29, 1.82) is 0 Å². The van der Waals surface area contributed by atoms with Crippen molar-refractivity contribution < 1.29 is 24.5 Å². The Labute approximate surface area is 105 Å². The Bertz CT molecular complexity index is 422. The van der Waals surface area contributed by atoms with E-state index in [1.54, 1.807) is 0 Å². The molecule has 1 unspecified atom stereocenters. The van der Waals surface area contributed by atoms with Crippen molar-refractivity contribution in [3.63, 3.8) is 0 Å². The van der Waals surface area contributed by atoms with Crippen molar-refractivity contribution >= 4 is 11.9 Å². The van der Waals surface area contributed by atoms with Crippen LogP contribution < -0.4 is 0 Å². The fraction of sp³-hybridized carbons (Fsp3) is 0.385. The third kappa shape index (κ3) is 3.85. The molecule has 5 nitrogen and oxygen atoms in total. The van der Waals surface area contributed by atoms with Crippen LogP contribution in [0.2, 0.25) is 0 Å². The fourth-order valence-electron chi connectivity index (χ4n) is 1.19. The molecule has 1 aromatic carbocycles. The first-order chi connectivity index (χ1) is 8.41. The molecule has 98 valence electrons. The molecule has 1 rings (SSSR count). The maximum absolute atomic E-state index is 11.6. The number of aliphatic hydroxyl groups excluding tert-OH is 1. The van der Waals surface area contributed by atoms with Gasteiger partial charge in [-0.3, -0.25) is 0 Å². The van der Waals surface area contributed by atoms with Crippen LogP contribution in [0.5, 0.6) is 0 Å². The average molecular weight is 252 g/mol. The van der Waals surface area contributed by atoms with Gasteiger partial charge in [0, 0.05) is 0 Å². The Hall–Kier alpha value is -1.88. The molecule has 0 aliphatic rings. The molecule has 5 heteroatoms. The summed E-state index contributed by atoms with van der Waals surface area (Å²) in [5, 5.41) is 18.2. The summed E-state index contributed by atoms with van der Waals surface area (Å²) in [6.07, 6.45) is -0.702. The van der Waals surface area contributed by atoms with E-state index in [9.17, 15) is 14.7 Å². The lowest BCUT2D eigenvalue weighted by Gasteiger charge is -2.14. The normalized spacial score (nSPS) is 12.2. The monoisotopic (exact) mass is 252 g/mol. The number of aliphatic hydroxyl groups is 1. The number of ether oxygens (including phenoxy) is 1. The Morgan fingerprint density at radius 3 is 2.11 bits per heavy atom. The second-order valence-corrected chi connectivity index (χ2v) is 4.29. The molecule has 0 heterocycles. The lowest BCUT2D eigenvalue weighted by molar-refractivity contribution is 0.0136. The number of hydrogen-bond donors (Lipinski definition) is 2. The zero-order chi connectivity index (χ0) is 13.7. The minimum Gasteiger partial charge on any atom is -0.478 e. The minimum atomic E-state index is -1.05. The summed E-state index contributed by atoms with van der Waals surface area (Å²) in [6, 6.07) is 5.43. The van der Waals surface area contributed by atoms with E-state index in [4.69, 9.17) is 9.84 Å². The smallest absolute Gasteiger partial charge is 0.338 e. The lowest BCUT2D eigenvalue weighted by Crippen LogP contribution is -2.23. The molecule has 1 aromatic rings. The average Bonchev–Trinajstić information content (AvgIpc) is 2.35. The number of rotatable bonds is 5. The number of benzene rings is 1. The van der Waals surface area contributed by atoms with Crippen LogP contribution in [-0.4, -0.2) is 34.9 Å². The first-order valence-corrected chi connectivity index (χ1v) is 5.60. The van der Waals surface area contributed by atoms with Gasteiger partial charge in [0.25, 0.3) is 0 Å². The van der Waals surface area contributed by atoms with Crippen LogP contribution >= 0.6 is 0 Å². The maximum Gasteiger partial charge on any atom is 0.338 e. The predicted octanol–water partition coefficient (Wildman–Crippen LogP) is 1.56. The molecule has 0 saturated heterocycles. The van der Waals surface area contributed by atoms with E-state index in [1.807, 2.05) is 13.8 Å². The number of aromatic carboxylic acids is 1. The third-order valence-corrected chi connectivity index (χ3v) is 2.52. The number of hydrogen-bond acceptors (Lipinski definition) is 4. The largest absolute Gasteiger partial charge is 0.478 e. The Kier molecular flexibility index (Phi) is 4.85. The zero-order valence-electron chi connectivity index (χ0n) is 10.3. The highest BCUT2D eigenvalue weighted by molar-refractivity contribution is 5.92. The molecule has 0 aromatic heterocycles. The van der Waals surface area contributed by atoms with Crippen molar-refractivity contribution in [2.75, 3.05) is 6.61 Å². The quantitative estimate of drug-likeness (QED) is 0.777. The third-order valence-electron chi connectivity index (χ3n) is 2.52. The molecule has 2 N–H and O–H groups in total. The van der Waals surface area contributed by atoms with Crippen LogP contribution in [0.1, 0.15) is 34.6 Å². The van der Waals surface area contributed by atoms with Gasteiger partial charge in [0.1, 0.15) is 6.61 Å². The van der Waals surface area contributed by atoms with E-state index in [0.29, 0.717) is 0 Å². The molecule has 0 radical (unpaired) electrons. The number of carboxylic acids is 1. The van der Waals surface area contributed by atoms with Gasteiger partial charge < -0.3 is 14.9 Å². The summed E-state index contributed by atoms with van der Waals surface area (Å²) in [5.41, 5.74) is 0.365. The van der Waals surface area contributed by atoms with Crippen LogP contribution in [0.15, 0.2) is 24.3 Å². The van der Waals surface area contributed by atoms with E-state index >= 15 is 0 Å². The van der Waals surface area contributed by atoms with Gasteiger partial charge >= 0.3 is 11.9 Å². The molecule has 0 bridgehead atoms. The van der Waals surface area contributed by atoms with Crippen LogP contribution in [0.25, 0.3) is 0 Å². The van der Waals surface area contributed by atoms with E-state index in [2.05, 4.69) is 0 Å². The van der Waals surface area contributed by atoms with Crippen LogP contribution in [0, 0.1) is 5.92 Å². The van der Waals surface area contributed by atoms with Gasteiger partial charge in [0.05, 0.1) is 17.2 Å². The van der Waals surface area contributed by atoms with E-state index < -0.39 is 18.0 Å². The topological polar surface area (TPSA) is 83.8 Å². The Balaban J connectivity index is 2.59. The van der Waals surface area contributed by atoms with E-state index in [1.165, 1.54) is 24.3 Å². The number of carbonyl (C=O) groups excluding carboxylic acids is 1. The van der Waals surface area contributed by atoms with Gasteiger partial charge in [-0.25, -0.2) is 9.59 Å². The zero-order valence-corrected chi connectivity index (χ0v) is 10.3. The molecular weight excluding hydrogens is 236 g/mol. The van der Waals surface area contributed by atoms with Gasteiger partial charge in [-0.05, 0) is 30.2 Å². The number of carbonyl (C=O) groups is 2. The molecule has 0 saturated carbocycles. The highest BCUT2D eigenvalue weighted by atomic mass is 16.5. The van der Waals surface area contributed by atoms with Crippen molar-refractivity contribution in [1.82, 2.24) is 0 Å². The molecule has 0 spiro atoms. The standard InChI is InChI=1S/C13H16O5/c1-8(2)11(14)7-18-13(17)10-5-3-9(4-6-10)12(15)16/h3-6,8,11,14H,7H2,1-2H3,(H,15,16). The van der Waals surface area contributed by atoms with Gasteiger partial charge in [-0.2, -0.15) is 0 Å². The van der Waals surface area contributed by atoms with Crippen molar-refractivity contribution in [2.45, 2.75) is 20.0 Å². The lowest BCUT2D eigenvalue weighted by atomic mass is 10.1. The highest BCUT2D eigenvalue weighted by Crippen LogP contribution is 2.08. The van der Waals surface area contributed by atoms with Gasteiger partial charge in [-0.15, -0.1) is 0 Å². The molecule has 0 amide bonds. The molecule has 18 heavy (non-hydrogen) atoms. The summed E-state index contributed by atoms with van der Waals surface area (Å²) < 4.78 is 4.92. The maximum atomic E-state index is 11.6. The Morgan fingerprint density at radius 2 is 1.67 bits per heavy atom. The van der Waals surface area contributed by atoms with E-state index in [-0.39, 0.29) is 23.7 Å². The minimum absolute atomic E-state index is 0.00665. The summed E-state index contributed by atoms with van der Waals surface area (Å²) in [6.45, 7) is 3.57. The first kappa shape index (κ1) is 14.2. The first-order valence-electron chi connectivity index (χ1n) is 5.60. The van der Waals surface area contributed by atoms with Crippen LogP contribution in [0.4, 0.5) is 0 Å². The van der Waals surface area contributed by atoms with Crippen molar-refractivity contribution in [3.05, 3.63) is 35.4 Å². The molecular formula is C13H16O5. The van der Waals surface area contributed by atoms with E-state index in [0.717, 1.165) is 0 Å². The molecule has 0 fully saturated rings. The molecule has 0 aliphatic heterocycles. The second kappa shape index (κ2) is 6.16. The van der Waals surface area contributed by atoms with Crippen molar-refractivity contribution in [2.24, 2.45) is 5.92 Å². The molecule has 0 aliphatic carbocycles. The fourth-order valence-corrected chi connectivity index (χ4v) is 1.19. The number of carboxylic acid groups (broad SMARTS) is 1. The Morgan fingerprint density at radius 1 is 1.17 bits per heavy atom. The molecule has 1 atom stereocenters. The summed E-state index contributed by atoms with van der Waals surface area (Å²) in [7, 11) is 0. The highest BCUT2D eigenvalue weighted by Gasteiger charge is 2.14. The van der Waals surface area contributed by atoms with Crippen molar-refractivity contribution in [3.8, 4) is 0 Å². The summed E-state index contributed by atoms with van der Waals surface area (Å²) in [5.74, 6) is -1.62. The van der Waals surface area contributed by atoms with Gasteiger partial charge in [0.2, 0.25) is 0 Å². The predicted molar refractivity (Wildman–Crippen MR) is 64.5 cm³/mol. The number of esters is 1. The summed E-state index contributed by atoms with van der Waals surface area (Å²) >= 11 is 0. The van der Waals surface area contributed by atoms with Gasteiger partial charge in [0.15, 0.2) is 0 Å². The van der Waals surface area contributed by atoms with Crippen LogP contribution in [0.3, 0.4) is 0 Å². The van der Waals surface area contributed by atoms with Crippen LogP contribution in [-0.2, 0) is 4.74 Å². The second-order valence-electron chi connectivity index (χ2n) is 4.29. The summed E-state index contributed by atoms with van der Waals surface area (Å²) in [4.78, 5) is 22.2.